The number of hydrogen-bond donors (Lipinski definition) is 0. The highest BCUT2D eigenvalue weighted by atomic mass is 19.1. The van der Waals surface area contributed by atoms with Crippen molar-refractivity contribution >= 4 is 5.91 Å². The predicted molar refractivity (Wildman–Crippen MR) is 77.0 cm³/mol. The van der Waals surface area contributed by atoms with Gasteiger partial charge in [0.25, 0.3) is 0 Å². The number of carbonyl (C=O) groups excluding carboxylic acids is 1. The van der Waals surface area contributed by atoms with Crippen molar-refractivity contribution < 1.29 is 9.18 Å². The van der Waals surface area contributed by atoms with Crippen LogP contribution in [0.25, 0.3) is 0 Å². The van der Waals surface area contributed by atoms with Gasteiger partial charge in [-0.25, -0.2) is 4.39 Å². The van der Waals surface area contributed by atoms with Crippen LogP contribution in [0, 0.1) is 5.82 Å². The number of halogens is 1. The molecule has 1 saturated heterocycles. The van der Waals surface area contributed by atoms with Gasteiger partial charge in [-0.05, 0) is 24.5 Å². The topological polar surface area (TPSA) is 38.1 Å². The average molecular weight is 287 g/mol. The molecule has 0 spiro atoms. The molecule has 1 aliphatic heterocycles. The Morgan fingerprint density at radius 3 is 2.95 bits per heavy atom. The fraction of sp³-hybridized carbons (Fsp3) is 0.375. The molecular weight excluding hydrogens is 269 g/mol. The Bertz CT molecular complexity index is 652. The maximum atomic E-state index is 13.7. The van der Waals surface area contributed by atoms with E-state index in [1.165, 1.54) is 6.07 Å². The molecule has 1 fully saturated rings. The summed E-state index contributed by atoms with van der Waals surface area (Å²) in [6.45, 7) is 0.729. The molecular formula is C16H18FN3O. The molecule has 1 unspecified atom stereocenters. The minimum atomic E-state index is -0.317. The van der Waals surface area contributed by atoms with Crippen molar-refractivity contribution in [3.05, 3.63) is 53.6 Å². The standard InChI is InChI=1S/C16H18FN3O/c1-19-11-13(10-18-19)15-7-4-8-20(15)16(21)9-12-5-2-3-6-14(12)17/h2-3,5-6,10-11,15H,4,7-9H2,1H3. The number of nitrogens with zero attached hydrogens (tertiary/aromatic N) is 3. The van der Waals surface area contributed by atoms with Crippen molar-refractivity contribution in [1.29, 1.82) is 0 Å². The second-order valence-corrected chi connectivity index (χ2v) is 5.46. The van der Waals surface area contributed by atoms with Crippen LogP contribution in [0.2, 0.25) is 0 Å². The van der Waals surface area contributed by atoms with Crippen molar-refractivity contribution in [2.45, 2.75) is 25.3 Å². The van der Waals surface area contributed by atoms with Crippen LogP contribution in [0.5, 0.6) is 0 Å². The number of aryl methyl sites for hydroxylation is 1. The van der Waals surface area contributed by atoms with E-state index >= 15 is 0 Å². The maximum absolute atomic E-state index is 13.7. The second-order valence-electron chi connectivity index (χ2n) is 5.46. The van der Waals surface area contributed by atoms with E-state index in [0.29, 0.717) is 5.56 Å². The summed E-state index contributed by atoms with van der Waals surface area (Å²) in [5, 5.41) is 4.17. The van der Waals surface area contributed by atoms with Gasteiger partial charge in [0.1, 0.15) is 5.82 Å². The Hall–Kier alpha value is -2.17. The molecule has 1 amide bonds. The quantitative estimate of drug-likeness (QED) is 0.869. The lowest BCUT2D eigenvalue weighted by Crippen LogP contribution is -2.31. The zero-order chi connectivity index (χ0) is 14.8. The van der Waals surface area contributed by atoms with E-state index in [4.69, 9.17) is 0 Å². The fourth-order valence-corrected chi connectivity index (χ4v) is 2.93. The summed E-state index contributed by atoms with van der Waals surface area (Å²) in [5.74, 6) is -0.338. The Labute approximate surface area is 123 Å². The zero-order valence-electron chi connectivity index (χ0n) is 12.0. The highest BCUT2D eigenvalue weighted by Gasteiger charge is 2.30. The van der Waals surface area contributed by atoms with Gasteiger partial charge in [-0.15, -0.1) is 0 Å². The van der Waals surface area contributed by atoms with Crippen molar-refractivity contribution in [3.63, 3.8) is 0 Å². The van der Waals surface area contributed by atoms with E-state index in [1.807, 2.05) is 18.1 Å². The van der Waals surface area contributed by atoms with Crippen LogP contribution in [-0.2, 0) is 18.3 Å². The number of hydrogen-bond acceptors (Lipinski definition) is 2. The van der Waals surface area contributed by atoms with Gasteiger partial charge >= 0.3 is 0 Å². The van der Waals surface area contributed by atoms with Crippen LogP contribution in [0.15, 0.2) is 36.7 Å². The molecule has 0 radical (unpaired) electrons. The number of carbonyl (C=O) groups is 1. The Balaban J connectivity index is 1.76. The number of likely N-dealkylation sites (tertiary alicyclic amines) is 1. The molecule has 0 bridgehead atoms. The molecule has 0 N–H and O–H groups in total. The van der Waals surface area contributed by atoms with Crippen LogP contribution < -0.4 is 0 Å². The van der Waals surface area contributed by atoms with Gasteiger partial charge in [0.15, 0.2) is 0 Å². The van der Waals surface area contributed by atoms with Crippen LogP contribution in [-0.4, -0.2) is 27.1 Å². The molecule has 1 atom stereocenters. The van der Waals surface area contributed by atoms with Crippen LogP contribution in [0.4, 0.5) is 4.39 Å². The molecule has 2 aromatic rings. The summed E-state index contributed by atoms with van der Waals surface area (Å²) in [4.78, 5) is 14.3. The molecule has 0 aliphatic carbocycles. The Morgan fingerprint density at radius 1 is 1.43 bits per heavy atom. The van der Waals surface area contributed by atoms with Crippen LogP contribution in [0.1, 0.15) is 30.0 Å². The zero-order valence-corrected chi connectivity index (χ0v) is 12.0. The van der Waals surface area contributed by atoms with E-state index in [2.05, 4.69) is 5.10 Å². The average Bonchev–Trinajstić information content (AvgIpc) is 3.09. The number of amides is 1. The first-order valence-electron chi connectivity index (χ1n) is 7.16. The first kappa shape index (κ1) is 13.8. The van der Waals surface area contributed by atoms with Crippen molar-refractivity contribution in [2.75, 3.05) is 6.54 Å². The molecule has 21 heavy (non-hydrogen) atoms. The van der Waals surface area contributed by atoms with E-state index in [1.54, 1.807) is 29.1 Å². The largest absolute Gasteiger partial charge is 0.335 e. The monoisotopic (exact) mass is 287 g/mol. The molecule has 1 aromatic heterocycles. The minimum Gasteiger partial charge on any atom is -0.335 e. The van der Waals surface area contributed by atoms with Crippen molar-refractivity contribution in [1.82, 2.24) is 14.7 Å². The first-order chi connectivity index (χ1) is 10.1. The Kier molecular flexibility index (Phi) is 3.73. The summed E-state index contributed by atoms with van der Waals surface area (Å²) in [5.41, 5.74) is 1.51. The van der Waals surface area contributed by atoms with Gasteiger partial charge in [-0.1, -0.05) is 18.2 Å². The third kappa shape index (κ3) is 2.82. The molecule has 0 saturated carbocycles. The summed E-state index contributed by atoms with van der Waals surface area (Å²) < 4.78 is 15.4. The van der Waals surface area contributed by atoms with E-state index in [-0.39, 0.29) is 24.2 Å². The van der Waals surface area contributed by atoms with Crippen molar-refractivity contribution in [2.24, 2.45) is 7.05 Å². The lowest BCUT2D eigenvalue weighted by atomic mass is 10.1. The van der Waals surface area contributed by atoms with Gasteiger partial charge in [-0.2, -0.15) is 5.10 Å². The van der Waals surface area contributed by atoms with Gasteiger partial charge in [0.05, 0.1) is 18.7 Å². The number of aromatic nitrogens is 2. The number of benzene rings is 1. The highest BCUT2D eigenvalue weighted by molar-refractivity contribution is 5.79. The van der Waals surface area contributed by atoms with Crippen LogP contribution >= 0.6 is 0 Å². The summed E-state index contributed by atoms with van der Waals surface area (Å²) >= 11 is 0. The molecule has 4 nitrogen and oxygen atoms in total. The van der Waals surface area contributed by atoms with E-state index in [0.717, 1.165) is 24.9 Å². The highest BCUT2D eigenvalue weighted by Crippen LogP contribution is 2.32. The molecule has 110 valence electrons. The normalized spacial score (nSPS) is 18.2. The summed E-state index contributed by atoms with van der Waals surface area (Å²) in [6.07, 6.45) is 5.78. The summed E-state index contributed by atoms with van der Waals surface area (Å²) in [7, 11) is 1.87. The molecule has 2 heterocycles. The lowest BCUT2D eigenvalue weighted by molar-refractivity contribution is -0.131. The third-order valence-electron chi connectivity index (χ3n) is 3.98. The third-order valence-corrected chi connectivity index (χ3v) is 3.98. The van der Waals surface area contributed by atoms with Gasteiger partial charge < -0.3 is 4.90 Å². The molecule has 5 heteroatoms. The second kappa shape index (κ2) is 5.68. The Morgan fingerprint density at radius 2 is 2.24 bits per heavy atom. The maximum Gasteiger partial charge on any atom is 0.227 e. The van der Waals surface area contributed by atoms with Gasteiger partial charge in [0, 0.05) is 25.4 Å². The summed E-state index contributed by atoms with van der Waals surface area (Å²) in [6, 6.07) is 6.53. The SMILES string of the molecule is Cn1cc(C2CCCN2C(=O)Cc2ccccc2F)cn1. The van der Waals surface area contributed by atoms with Crippen molar-refractivity contribution in [3.8, 4) is 0 Å². The van der Waals surface area contributed by atoms with E-state index < -0.39 is 0 Å². The number of rotatable bonds is 3. The first-order valence-corrected chi connectivity index (χ1v) is 7.16. The minimum absolute atomic E-state index is 0.0218. The fourth-order valence-electron chi connectivity index (χ4n) is 2.93. The van der Waals surface area contributed by atoms with Crippen LogP contribution in [0.3, 0.4) is 0 Å². The van der Waals surface area contributed by atoms with Gasteiger partial charge in [-0.3, -0.25) is 9.48 Å². The lowest BCUT2D eigenvalue weighted by Gasteiger charge is -2.24. The molecule has 1 aromatic carbocycles. The van der Waals surface area contributed by atoms with E-state index in [9.17, 15) is 9.18 Å². The molecule has 1 aliphatic rings. The smallest absolute Gasteiger partial charge is 0.227 e. The predicted octanol–water partition coefficient (Wildman–Crippen LogP) is 2.47. The van der Waals surface area contributed by atoms with Gasteiger partial charge in [0.2, 0.25) is 5.91 Å². The molecule has 3 rings (SSSR count).